The van der Waals surface area contributed by atoms with Gasteiger partial charge in [0.25, 0.3) is 0 Å². The third kappa shape index (κ3) is 2.94. The average molecular weight is 336 g/mol. The van der Waals surface area contributed by atoms with Crippen LogP contribution in [0.25, 0.3) is 0 Å². The van der Waals surface area contributed by atoms with Crippen LogP contribution in [0.3, 0.4) is 0 Å². The maximum atomic E-state index is 13.8. The molecule has 3 heteroatoms. The summed E-state index contributed by atoms with van der Waals surface area (Å²) in [5, 5.41) is 3.32. The smallest absolute Gasteiger partial charge is 0.129 e. The van der Waals surface area contributed by atoms with Gasteiger partial charge in [0.1, 0.15) is 5.82 Å². The van der Waals surface area contributed by atoms with Crippen molar-refractivity contribution >= 4 is 15.9 Å². The summed E-state index contributed by atoms with van der Waals surface area (Å²) in [7, 11) is 1.92. The molecule has 2 aromatic rings. The zero-order valence-electron chi connectivity index (χ0n) is 12.2. The average Bonchev–Trinajstić information content (AvgIpc) is 2.39. The molecule has 0 aliphatic heterocycles. The highest BCUT2D eigenvalue weighted by Crippen LogP contribution is 2.30. The zero-order valence-corrected chi connectivity index (χ0v) is 13.8. The summed E-state index contributed by atoms with van der Waals surface area (Å²) in [6.45, 7) is 5.68. The second-order valence-corrected chi connectivity index (χ2v) is 6.07. The minimum Gasteiger partial charge on any atom is -0.309 e. The Labute approximate surface area is 128 Å². The quantitative estimate of drug-likeness (QED) is 0.847. The third-order valence-corrected chi connectivity index (χ3v) is 4.23. The molecular weight excluding hydrogens is 317 g/mol. The molecule has 1 nitrogen and oxygen atoms in total. The highest BCUT2D eigenvalue weighted by Gasteiger charge is 2.17. The van der Waals surface area contributed by atoms with Crippen LogP contribution in [-0.2, 0) is 0 Å². The van der Waals surface area contributed by atoms with Crippen molar-refractivity contribution in [1.29, 1.82) is 0 Å². The van der Waals surface area contributed by atoms with Gasteiger partial charge in [-0.05, 0) is 61.7 Å². The normalized spacial score (nSPS) is 12.5. The van der Waals surface area contributed by atoms with Crippen molar-refractivity contribution in [2.24, 2.45) is 0 Å². The zero-order chi connectivity index (χ0) is 14.9. The van der Waals surface area contributed by atoms with E-state index in [9.17, 15) is 4.39 Å². The van der Waals surface area contributed by atoms with Gasteiger partial charge in [0, 0.05) is 4.47 Å². The van der Waals surface area contributed by atoms with Crippen LogP contribution in [0.5, 0.6) is 0 Å². The molecule has 0 saturated carbocycles. The van der Waals surface area contributed by atoms with Gasteiger partial charge in [-0.3, -0.25) is 0 Å². The maximum Gasteiger partial charge on any atom is 0.129 e. The largest absolute Gasteiger partial charge is 0.309 e. The van der Waals surface area contributed by atoms with E-state index in [-0.39, 0.29) is 11.9 Å². The Hall–Kier alpha value is -1.19. The molecule has 0 saturated heterocycles. The molecule has 0 amide bonds. The van der Waals surface area contributed by atoms with Gasteiger partial charge in [-0.1, -0.05) is 40.2 Å². The molecule has 0 aliphatic carbocycles. The summed E-state index contributed by atoms with van der Waals surface area (Å²) in [5.41, 5.74) is 4.81. The molecule has 106 valence electrons. The predicted molar refractivity (Wildman–Crippen MR) is 85.7 cm³/mol. The van der Waals surface area contributed by atoms with E-state index in [0.29, 0.717) is 11.1 Å². The lowest BCUT2D eigenvalue weighted by Gasteiger charge is -2.20. The molecule has 20 heavy (non-hydrogen) atoms. The minimum absolute atomic E-state index is 0.0444. The fourth-order valence-electron chi connectivity index (χ4n) is 2.51. The summed E-state index contributed by atoms with van der Waals surface area (Å²) in [6.07, 6.45) is 0. The minimum atomic E-state index is -0.119. The Balaban J connectivity index is 2.52. The van der Waals surface area contributed by atoms with Crippen LogP contribution in [0.1, 0.15) is 33.9 Å². The van der Waals surface area contributed by atoms with Gasteiger partial charge in [-0.15, -0.1) is 0 Å². The molecule has 0 aliphatic rings. The Bertz CT molecular complexity index is 614. The summed E-state index contributed by atoms with van der Waals surface area (Å²) < 4.78 is 14.8. The number of rotatable bonds is 3. The van der Waals surface area contributed by atoms with E-state index in [0.717, 1.165) is 15.6 Å². The molecule has 2 aromatic carbocycles. The Morgan fingerprint density at radius 3 is 2.15 bits per heavy atom. The van der Waals surface area contributed by atoms with Crippen molar-refractivity contribution < 1.29 is 4.39 Å². The lowest BCUT2D eigenvalue weighted by atomic mass is 9.95. The molecule has 0 bridgehead atoms. The number of benzene rings is 2. The van der Waals surface area contributed by atoms with Crippen molar-refractivity contribution in [2.45, 2.75) is 26.8 Å². The van der Waals surface area contributed by atoms with Gasteiger partial charge in [0.05, 0.1) is 6.04 Å². The first-order valence-electron chi connectivity index (χ1n) is 6.64. The second kappa shape index (κ2) is 6.06. The van der Waals surface area contributed by atoms with Gasteiger partial charge in [0.15, 0.2) is 0 Å². The van der Waals surface area contributed by atoms with E-state index in [1.54, 1.807) is 0 Å². The Kier molecular flexibility index (Phi) is 4.61. The van der Waals surface area contributed by atoms with Crippen molar-refractivity contribution in [3.63, 3.8) is 0 Å². The highest BCUT2D eigenvalue weighted by molar-refractivity contribution is 9.10. The standard InChI is InChI=1S/C17H19BrFN/c1-10-5-6-14(15(18)7-10)17(20-4)13-8-11(2)16(19)12(3)9-13/h5-9,17,20H,1-4H3. The van der Waals surface area contributed by atoms with Gasteiger partial charge < -0.3 is 5.32 Å². The number of hydrogen-bond acceptors (Lipinski definition) is 1. The SMILES string of the molecule is CNC(c1cc(C)c(F)c(C)c1)c1ccc(C)cc1Br. The first-order chi connectivity index (χ1) is 9.43. The summed E-state index contributed by atoms with van der Waals surface area (Å²) in [6, 6.07) is 10.2. The van der Waals surface area contributed by atoms with Crippen molar-refractivity contribution in [2.75, 3.05) is 7.05 Å². The van der Waals surface area contributed by atoms with Crippen molar-refractivity contribution in [1.82, 2.24) is 5.32 Å². The van der Waals surface area contributed by atoms with Crippen LogP contribution in [0.4, 0.5) is 4.39 Å². The summed E-state index contributed by atoms with van der Waals surface area (Å²) >= 11 is 3.62. The van der Waals surface area contributed by atoms with Crippen LogP contribution < -0.4 is 5.32 Å². The van der Waals surface area contributed by atoms with Crippen molar-refractivity contribution in [3.05, 3.63) is 68.4 Å². The molecule has 0 radical (unpaired) electrons. The number of halogens is 2. The molecule has 1 N–H and O–H groups in total. The second-order valence-electron chi connectivity index (χ2n) is 5.22. The van der Waals surface area contributed by atoms with E-state index < -0.39 is 0 Å². The molecular formula is C17H19BrFN. The Morgan fingerprint density at radius 2 is 1.65 bits per heavy atom. The van der Waals surface area contributed by atoms with Gasteiger partial charge >= 0.3 is 0 Å². The van der Waals surface area contributed by atoms with E-state index in [1.165, 1.54) is 5.56 Å². The fourth-order valence-corrected chi connectivity index (χ4v) is 3.24. The van der Waals surface area contributed by atoms with Crippen LogP contribution in [-0.4, -0.2) is 7.05 Å². The lowest BCUT2D eigenvalue weighted by Crippen LogP contribution is -2.18. The molecule has 1 atom stereocenters. The number of hydrogen-bond donors (Lipinski definition) is 1. The van der Waals surface area contributed by atoms with Gasteiger partial charge in [-0.25, -0.2) is 4.39 Å². The van der Waals surface area contributed by atoms with E-state index in [4.69, 9.17) is 0 Å². The summed E-state index contributed by atoms with van der Waals surface area (Å²) in [5.74, 6) is -0.119. The van der Waals surface area contributed by atoms with Crippen LogP contribution in [0, 0.1) is 26.6 Å². The highest BCUT2D eigenvalue weighted by atomic mass is 79.9. The van der Waals surface area contributed by atoms with E-state index in [2.05, 4.69) is 46.4 Å². The molecule has 0 heterocycles. The lowest BCUT2D eigenvalue weighted by molar-refractivity contribution is 0.604. The Morgan fingerprint density at radius 1 is 1.05 bits per heavy atom. The van der Waals surface area contributed by atoms with E-state index >= 15 is 0 Å². The van der Waals surface area contributed by atoms with Gasteiger partial charge in [0.2, 0.25) is 0 Å². The number of nitrogens with one attached hydrogen (secondary N) is 1. The topological polar surface area (TPSA) is 12.0 Å². The van der Waals surface area contributed by atoms with Crippen LogP contribution in [0.15, 0.2) is 34.8 Å². The monoisotopic (exact) mass is 335 g/mol. The van der Waals surface area contributed by atoms with E-state index in [1.807, 2.05) is 33.0 Å². The van der Waals surface area contributed by atoms with Crippen LogP contribution in [0.2, 0.25) is 0 Å². The molecule has 1 unspecified atom stereocenters. The van der Waals surface area contributed by atoms with Crippen molar-refractivity contribution in [3.8, 4) is 0 Å². The maximum absolute atomic E-state index is 13.8. The predicted octanol–water partition coefficient (Wildman–Crippen LogP) is 4.82. The van der Waals surface area contributed by atoms with Crippen LogP contribution >= 0.6 is 15.9 Å². The third-order valence-electron chi connectivity index (χ3n) is 3.55. The fraction of sp³-hybridized carbons (Fsp3) is 0.294. The summed E-state index contributed by atoms with van der Waals surface area (Å²) in [4.78, 5) is 0. The molecule has 0 aromatic heterocycles. The number of aryl methyl sites for hydroxylation is 3. The first-order valence-corrected chi connectivity index (χ1v) is 7.43. The molecule has 0 spiro atoms. The molecule has 2 rings (SSSR count). The van der Waals surface area contributed by atoms with Gasteiger partial charge in [-0.2, -0.15) is 0 Å². The molecule has 0 fully saturated rings. The first kappa shape index (κ1) is 15.2.